The summed E-state index contributed by atoms with van der Waals surface area (Å²) in [5.41, 5.74) is 6.51. The van der Waals surface area contributed by atoms with Gasteiger partial charge in [0.2, 0.25) is 0 Å². The number of ether oxygens (including phenoxy) is 1. The quantitative estimate of drug-likeness (QED) is 0.730. The van der Waals surface area contributed by atoms with Crippen LogP contribution in [0, 0.1) is 0 Å². The Kier molecular flexibility index (Phi) is 7.09. The maximum Gasteiger partial charge on any atom is 0.258 e. The monoisotopic (exact) mass is 278 g/mol. The molecule has 20 heavy (non-hydrogen) atoms. The van der Waals surface area contributed by atoms with E-state index in [0.717, 1.165) is 19.4 Å². The molecular weight excluding hydrogens is 252 g/mol. The summed E-state index contributed by atoms with van der Waals surface area (Å²) < 4.78 is 5.58. The van der Waals surface area contributed by atoms with Crippen LogP contribution >= 0.6 is 0 Å². The number of nitrogens with one attached hydrogen (secondary N) is 1. The van der Waals surface area contributed by atoms with E-state index in [0.29, 0.717) is 18.2 Å². The molecule has 0 aromatic heterocycles. The summed E-state index contributed by atoms with van der Waals surface area (Å²) in [6.07, 6.45) is 2.18. The molecule has 1 aromatic rings. The van der Waals surface area contributed by atoms with Gasteiger partial charge in [-0.25, -0.2) is 0 Å². The molecule has 0 aliphatic heterocycles. The smallest absolute Gasteiger partial charge is 0.258 e. The third-order valence-corrected chi connectivity index (χ3v) is 3.30. The highest BCUT2D eigenvalue weighted by atomic mass is 16.5. The summed E-state index contributed by atoms with van der Waals surface area (Å²) in [5.74, 6) is 0.261. The normalized spacial score (nSPS) is 13.8. The summed E-state index contributed by atoms with van der Waals surface area (Å²) in [6, 6.07) is 8.25. The molecule has 1 rings (SSSR count). The molecule has 3 N–H and O–H groups in total. The van der Waals surface area contributed by atoms with Gasteiger partial charge in [-0.2, -0.15) is 0 Å². The first-order chi connectivity index (χ1) is 9.62. The number of nitrogens with two attached hydrogens (primary N) is 1. The van der Waals surface area contributed by atoms with E-state index in [1.54, 1.807) is 0 Å². The van der Waals surface area contributed by atoms with E-state index in [2.05, 4.69) is 19.2 Å². The van der Waals surface area contributed by atoms with Crippen molar-refractivity contribution in [2.24, 2.45) is 5.73 Å². The van der Waals surface area contributed by atoms with Crippen molar-refractivity contribution in [2.75, 3.05) is 6.54 Å². The van der Waals surface area contributed by atoms with Crippen LogP contribution in [0.5, 0.6) is 5.75 Å². The minimum absolute atomic E-state index is 0.363. The summed E-state index contributed by atoms with van der Waals surface area (Å²) in [6.45, 7) is 7.21. The van der Waals surface area contributed by atoms with E-state index in [4.69, 9.17) is 10.5 Å². The van der Waals surface area contributed by atoms with Gasteiger partial charge in [0, 0.05) is 6.04 Å². The summed E-state index contributed by atoms with van der Waals surface area (Å²) in [7, 11) is 0. The highest BCUT2D eigenvalue weighted by molar-refractivity contribution is 5.79. The number of rotatable bonds is 9. The third-order valence-electron chi connectivity index (χ3n) is 3.30. The zero-order valence-corrected chi connectivity index (χ0v) is 12.7. The van der Waals surface area contributed by atoms with Crippen LogP contribution in [0.25, 0.3) is 0 Å². The van der Waals surface area contributed by atoms with Crippen LogP contribution < -0.4 is 15.8 Å². The zero-order valence-electron chi connectivity index (χ0n) is 12.7. The zero-order chi connectivity index (χ0) is 15.0. The summed E-state index contributed by atoms with van der Waals surface area (Å²) in [5, 5.41) is 3.51. The Morgan fingerprint density at radius 1 is 1.20 bits per heavy atom. The van der Waals surface area contributed by atoms with Crippen molar-refractivity contribution in [3.8, 4) is 5.75 Å². The Bertz CT molecular complexity index is 403. The minimum Gasteiger partial charge on any atom is -0.481 e. The van der Waals surface area contributed by atoms with Crippen LogP contribution in [0.1, 0.15) is 51.6 Å². The van der Waals surface area contributed by atoms with Crippen LogP contribution in [-0.4, -0.2) is 18.6 Å². The number of primary amides is 1. The second-order valence-electron chi connectivity index (χ2n) is 4.90. The molecule has 2 unspecified atom stereocenters. The van der Waals surface area contributed by atoms with Crippen LogP contribution in [0.4, 0.5) is 0 Å². The molecule has 0 aliphatic carbocycles. The van der Waals surface area contributed by atoms with Gasteiger partial charge in [-0.1, -0.05) is 32.9 Å². The van der Waals surface area contributed by atoms with Crippen LogP contribution in [0.2, 0.25) is 0 Å². The molecule has 1 aromatic carbocycles. The molecule has 0 fully saturated rings. The Hall–Kier alpha value is -1.55. The van der Waals surface area contributed by atoms with E-state index in [1.165, 1.54) is 5.56 Å². The molecule has 4 heteroatoms. The van der Waals surface area contributed by atoms with Crippen molar-refractivity contribution in [1.82, 2.24) is 5.32 Å². The van der Waals surface area contributed by atoms with E-state index >= 15 is 0 Å². The largest absolute Gasteiger partial charge is 0.481 e. The SMILES string of the molecule is CCCNC(CC)c1ccc(OC(CC)C(N)=O)cc1. The fourth-order valence-corrected chi connectivity index (χ4v) is 2.10. The van der Waals surface area contributed by atoms with Crippen molar-refractivity contribution >= 4 is 5.91 Å². The fourth-order valence-electron chi connectivity index (χ4n) is 2.10. The van der Waals surface area contributed by atoms with Gasteiger partial charge in [-0.05, 0) is 43.5 Å². The average molecular weight is 278 g/mol. The van der Waals surface area contributed by atoms with Crippen molar-refractivity contribution in [1.29, 1.82) is 0 Å². The van der Waals surface area contributed by atoms with Gasteiger partial charge in [0.15, 0.2) is 6.10 Å². The van der Waals surface area contributed by atoms with E-state index in [-0.39, 0.29) is 0 Å². The molecule has 0 saturated carbocycles. The predicted molar refractivity (Wildman–Crippen MR) is 81.7 cm³/mol. The molecular formula is C16H26N2O2. The Labute approximate surface area is 121 Å². The predicted octanol–water partition coefficient (Wildman–Crippen LogP) is 2.78. The molecule has 1 amide bonds. The van der Waals surface area contributed by atoms with Crippen LogP contribution in [0.15, 0.2) is 24.3 Å². The van der Waals surface area contributed by atoms with Gasteiger partial charge in [0.05, 0.1) is 0 Å². The van der Waals surface area contributed by atoms with Gasteiger partial charge in [-0.3, -0.25) is 4.79 Å². The van der Waals surface area contributed by atoms with Gasteiger partial charge in [0.25, 0.3) is 5.91 Å². The number of benzene rings is 1. The minimum atomic E-state index is -0.555. The van der Waals surface area contributed by atoms with Crippen molar-refractivity contribution < 1.29 is 9.53 Å². The van der Waals surface area contributed by atoms with Crippen LogP contribution in [0.3, 0.4) is 0 Å². The third kappa shape index (κ3) is 4.85. The standard InChI is InChI=1S/C16H26N2O2/c1-4-11-18-14(5-2)12-7-9-13(10-8-12)20-15(6-3)16(17)19/h7-10,14-15,18H,4-6,11H2,1-3H3,(H2,17,19). The lowest BCUT2D eigenvalue weighted by atomic mass is 10.0. The maximum absolute atomic E-state index is 11.2. The molecule has 0 radical (unpaired) electrons. The molecule has 0 spiro atoms. The second-order valence-corrected chi connectivity index (χ2v) is 4.90. The van der Waals surface area contributed by atoms with Crippen molar-refractivity contribution in [2.45, 2.75) is 52.2 Å². The lowest BCUT2D eigenvalue weighted by Crippen LogP contribution is -2.32. The average Bonchev–Trinajstić information content (AvgIpc) is 2.46. The topological polar surface area (TPSA) is 64.3 Å². The number of amides is 1. The number of hydrogen-bond donors (Lipinski definition) is 2. The molecule has 112 valence electrons. The number of carbonyl (C=O) groups excluding carboxylic acids is 1. The highest BCUT2D eigenvalue weighted by Crippen LogP contribution is 2.21. The molecule has 0 saturated heterocycles. The summed E-state index contributed by atoms with van der Waals surface area (Å²) in [4.78, 5) is 11.2. The Balaban J connectivity index is 2.69. The summed E-state index contributed by atoms with van der Waals surface area (Å²) >= 11 is 0. The van der Waals surface area contributed by atoms with Gasteiger partial charge < -0.3 is 15.8 Å². The van der Waals surface area contributed by atoms with Crippen molar-refractivity contribution in [3.63, 3.8) is 0 Å². The molecule has 2 atom stereocenters. The second kappa shape index (κ2) is 8.59. The van der Waals surface area contributed by atoms with Gasteiger partial charge in [-0.15, -0.1) is 0 Å². The highest BCUT2D eigenvalue weighted by Gasteiger charge is 2.15. The lowest BCUT2D eigenvalue weighted by Gasteiger charge is -2.18. The van der Waals surface area contributed by atoms with Gasteiger partial charge in [0.1, 0.15) is 5.75 Å². The number of carbonyl (C=O) groups is 1. The Morgan fingerprint density at radius 2 is 1.85 bits per heavy atom. The molecule has 0 bridgehead atoms. The molecule has 4 nitrogen and oxygen atoms in total. The first kappa shape index (κ1) is 16.5. The molecule has 0 aliphatic rings. The van der Waals surface area contributed by atoms with E-state index < -0.39 is 12.0 Å². The van der Waals surface area contributed by atoms with Crippen LogP contribution in [-0.2, 0) is 4.79 Å². The fraction of sp³-hybridized carbons (Fsp3) is 0.562. The molecule has 0 heterocycles. The lowest BCUT2D eigenvalue weighted by molar-refractivity contribution is -0.124. The van der Waals surface area contributed by atoms with Gasteiger partial charge >= 0.3 is 0 Å². The number of hydrogen-bond acceptors (Lipinski definition) is 3. The van der Waals surface area contributed by atoms with E-state index in [1.807, 2.05) is 31.2 Å². The first-order valence-electron chi connectivity index (χ1n) is 7.41. The first-order valence-corrected chi connectivity index (χ1v) is 7.41. The maximum atomic E-state index is 11.2. The van der Waals surface area contributed by atoms with Crippen molar-refractivity contribution in [3.05, 3.63) is 29.8 Å². The Morgan fingerprint density at radius 3 is 2.30 bits per heavy atom. The van der Waals surface area contributed by atoms with E-state index in [9.17, 15) is 4.79 Å².